The third-order valence-corrected chi connectivity index (χ3v) is 3.31. The van der Waals surface area contributed by atoms with Crippen LogP contribution in [0.4, 0.5) is 4.79 Å². The first kappa shape index (κ1) is 17.0. The molecule has 1 fully saturated rings. The Labute approximate surface area is 122 Å². The van der Waals surface area contributed by atoms with Gasteiger partial charge in [-0.3, -0.25) is 4.90 Å². The molecular formula is C15H28N2O3. The van der Waals surface area contributed by atoms with Gasteiger partial charge >= 0.3 is 6.09 Å². The molecule has 1 rings (SSSR count). The maximum absolute atomic E-state index is 12.3. The molecule has 2 unspecified atom stereocenters. The lowest BCUT2D eigenvalue weighted by atomic mass is 9.98. The Hall–Kier alpha value is -1.07. The summed E-state index contributed by atoms with van der Waals surface area (Å²) in [5, 5.41) is 0. The van der Waals surface area contributed by atoms with Crippen LogP contribution in [0, 0.1) is 0 Å². The Bertz CT molecular complexity index is 350. The largest absolute Gasteiger partial charge is 0.444 e. The van der Waals surface area contributed by atoms with Gasteiger partial charge in [-0.15, -0.1) is 0 Å². The third kappa shape index (κ3) is 5.13. The zero-order valence-electron chi connectivity index (χ0n) is 13.1. The van der Waals surface area contributed by atoms with Gasteiger partial charge in [-0.25, -0.2) is 4.79 Å². The number of ether oxygens (including phenoxy) is 2. The maximum atomic E-state index is 12.3. The second-order valence-corrected chi connectivity index (χ2v) is 6.29. The summed E-state index contributed by atoms with van der Waals surface area (Å²) in [5.41, 5.74) is 6.81. The number of carbonyl (C=O) groups excluding carboxylic acids is 1. The highest BCUT2D eigenvalue weighted by molar-refractivity contribution is 5.68. The van der Waals surface area contributed by atoms with Crippen LogP contribution in [-0.2, 0) is 9.47 Å². The van der Waals surface area contributed by atoms with Gasteiger partial charge < -0.3 is 15.2 Å². The Kier molecular flexibility index (Phi) is 6.02. The first-order valence-electron chi connectivity index (χ1n) is 7.24. The van der Waals surface area contributed by atoms with Gasteiger partial charge in [-0.05, 0) is 33.6 Å². The van der Waals surface area contributed by atoms with E-state index in [1.807, 2.05) is 20.8 Å². The molecule has 0 radical (unpaired) electrons. The molecule has 1 amide bonds. The van der Waals surface area contributed by atoms with Gasteiger partial charge in [-0.2, -0.15) is 0 Å². The Morgan fingerprint density at radius 3 is 2.75 bits per heavy atom. The normalized spacial score (nSPS) is 21.4. The van der Waals surface area contributed by atoms with Crippen LogP contribution in [-0.4, -0.2) is 48.4 Å². The minimum absolute atomic E-state index is 0.151. The van der Waals surface area contributed by atoms with Crippen molar-refractivity contribution in [3.05, 3.63) is 12.2 Å². The number of nitrogens with two attached hydrogens (primary N) is 1. The quantitative estimate of drug-likeness (QED) is 0.805. The summed E-state index contributed by atoms with van der Waals surface area (Å²) in [6.07, 6.45) is 1.28. The number of carbonyl (C=O) groups is 1. The van der Waals surface area contributed by atoms with E-state index in [9.17, 15) is 4.79 Å². The fourth-order valence-electron chi connectivity index (χ4n) is 2.14. The average Bonchev–Trinajstić information content (AvgIpc) is 2.36. The second kappa shape index (κ2) is 7.09. The zero-order valence-corrected chi connectivity index (χ0v) is 13.1. The summed E-state index contributed by atoms with van der Waals surface area (Å²) in [6, 6.07) is -0.322. The Morgan fingerprint density at radius 2 is 2.20 bits per heavy atom. The predicted molar refractivity (Wildman–Crippen MR) is 79.6 cm³/mol. The predicted octanol–water partition coefficient (Wildman–Crippen LogP) is 2.31. The molecule has 1 aliphatic rings. The van der Waals surface area contributed by atoms with Crippen molar-refractivity contribution in [1.29, 1.82) is 0 Å². The molecule has 0 bridgehead atoms. The summed E-state index contributed by atoms with van der Waals surface area (Å²) in [4.78, 5) is 14.0. The molecule has 5 heteroatoms. The van der Waals surface area contributed by atoms with Crippen molar-refractivity contribution in [3.63, 3.8) is 0 Å². The minimum Gasteiger partial charge on any atom is -0.444 e. The molecular weight excluding hydrogens is 256 g/mol. The van der Waals surface area contributed by atoms with Gasteiger partial charge in [0.05, 0.1) is 19.3 Å². The van der Waals surface area contributed by atoms with Crippen LogP contribution in [0.2, 0.25) is 0 Å². The molecule has 0 aromatic carbocycles. The van der Waals surface area contributed by atoms with Gasteiger partial charge in [0, 0.05) is 12.6 Å². The number of hydrogen-bond acceptors (Lipinski definition) is 4. The lowest BCUT2D eigenvalue weighted by Crippen LogP contribution is -2.57. The van der Waals surface area contributed by atoms with Gasteiger partial charge in [0.25, 0.3) is 0 Å². The summed E-state index contributed by atoms with van der Waals surface area (Å²) < 4.78 is 10.9. The monoisotopic (exact) mass is 284 g/mol. The molecule has 5 nitrogen and oxygen atoms in total. The van der Waals surface area contributed by atoms with Crippen LogP contribution >= 0.6 is 0 Å². The van der Waals surface area contributed by atoms with Crippen LogP contribution in [0.5, 0.6) is 0 Å². The molecule has 2 N–H and O–H groups in total. The summed E-state index contributed by atoms with van der Waals surface area (Å²) >= 11 is 0. The van der Waals surface area contributed by atoms with E-state index < -0.39 is 5.60 Å². The third-order valence-electron chi connectivity index (χ3n) is 3.31. The first-order chi connectivity index (χ1) is 9.24. The molecule has 0 aromatic heterocycles. The highest BCUT2D eigenvalue weighted by atomic mass is 16.6. The lowest BCUT2D eigenvalue weighted by Gasteiger charge is -2.39. The number of hydrogen-bond donors (Lipinski definition) is 1. The number of amides is 1. The van der Waals surface area contributed by atoms with Crippen molar-refractivity contribution in [3.8, 4) is 0 Å². The van der Waals surface area contributed by atoms with E-state index in [1.54, 1.807) is 4.90 Å². The van der Waals surface area contributed by atoms with Gasteiger partial charge in [0.2, 0.25) is 0 Å². The van der Waals surface area contributed by atoms with Crippen LogP contribution in [0.1, 0.15) is 40.5 Å². The van der Waals surface area contributed by atoms with Crippen molar-refractivity contribution in [2.24, 2.45) is 5.73 Å². The molecule has 2 atom stereocenters. The second-order valence-electron chi connectivity index (χ2n) is 6.29. The first-order valence-corrected chi connectivity index (χ1v) is 7.24. The molecule has 1 aliphatic heterocycles. The fourth-order valence-corrected chi connectivity index (χ4v) is 2.14. The van der Waals surface area contributed by atoms with Crippen molar-refractivity contribution in [1.82, 2.24) is 4.90 Å². The molecule has 0 spiro atoms. The van der Waals surface area contributed by atoms with Crippen molar-refractivity contribution in [2.75, 3.05) is 19.8 Å². The minimum atomic E-state index is -0.503. The van der Waals surface area contributed by atoms with Crippen molar-refractivity contribution < 1.29 is 14.3 Å². The summed E-state index contributed by atoms with van der Waals surface area (Å²) in [7, 11) is 0. The Balaban J connectivity index is 2.70. The highest BCUT2D eigenvalue weighted by Gasteiger charge is 2.34. The van der Waals surface area contributed by atoms with Crippen molar-refractivity contribution in [2.45, 2.75) is 58.2 Å². The SMILES string of the molecule is C=C(CC)CC(N)C1COCCN1C(=O)OC(C)(C)C. The number of rotatable bonds is 4. The van der Waals surface area contributed by atoms with Crippen LogP contribution in [0.25, 0.3) is 0 Å². The smallest absolute Gasteiger partial charge is 0.410 e. The van der Waals surface area contributed by atoms with Crippen molar-refractivity contribution >= 4 is 6.09 Å². The number of nitrogens with zero attached hydrogens (tertiary/aromatic N) is 1. The highest BCUT2D eigenvalue weighted by Crippen LogP contribution is 2.19. The molecule has 0 saturated carbocycles. The molecule has 1 saturated heterocycles. The van der Waals surface area contributed by atoms with E-state index in [4.69, 9.17) is 15.2 Å². The van der Waals surface area contributed by atoms with E-state index in [0.717, 1.165) is 12.0 Å². The van der Waals surface area contributed by atoms with E-state index in [2.05, 4.69) is 13.5 Å². The van der Waals surface area contributed by atoms with E-state index >= 15 is 0 Å². The fraction of sp³-hybridized carbons (Fsp3) is 0.800. The zero-order chi connectivity index (χ0) is 15.3. The number of morpholine rings is 1. The molecule has 1 heterocycles. The van der Waals surface area contributed by atoms with E-state index in [0.29, 0.717) is 26.2 Å². The van der Waals surface area contributed by atoms with E-state index in [1.165, 1.54) is 0 Å². The lowest BCUT2D eigenvalue weighted by molar-refractivity contribution is -0.0379. The van der Waals surface area contributed by atoms with Crippen LogP contribution in [0.15, 0.2) is 12.2 Å². The Morgan fingerprint density at radius 1 is 1.55 bits per heavy atom. The van der Waals surface area contributed by atoms with Crippen LogP contribution < -0.4 is 5.73 Å². The molecule has 116 valence electrons. The van der Waals surface area contributed by atoms with Gasteiger partial charge in [-0.1, -0.05) is 19.1 Å². The topological polar surface area (TPSA) is 64.8 Å². The van der Waals surface area contributed by atoms with Gasteiger partial charge in [0.1, 0.15) is 5.60 Å². The summed E-state index contributed by atoms with van der Waals surface area (Å²) in [6.45, 7) is 13.1. The standard InChI is InChI=1S/C15H28N2O3/c1-6-11(2)9-12(16)13-10-19-8-7-17(13)14(18)20-15(3,4)5/h12-13H,2,6-10,16H2,1,3-5H3. The molecule has 20 heavy (non-hydrogen) atoms. The van der Waals surface area contributed by atoms with Crippen LogP contribution in [0.3, 0.4) is 0 Å². The maximum Gasteiger partial charge on any atom is 0.410 e. The van der Waals surface area contributed by atoms with E-state index in [-0.39, 0.29) is 18.2 Å². The summed E-state index contributed by atoms with van der Waals surface area (Å²) in [5.74, 6) is 0. The van der Waals surface area contributed by atoms with Gasteiger partial charge in [0.15, 0.2) is 0 Å². The average molecular weight is 284 g/mol. The molecule has 0 aliphatic carbocycles. The molecule has 0 aromatic rings.